The third-order valence-electron chi connectivity index (χ3n) is 10.5. The number of unbranched alkanes of at least 4 members (excludes halogenated alkanes) is 14. The molecule has 0 aliphatic carbocycles. The second kappa shape index (κ2) is 41.7. The lowest BCUT2D eigenvalue weighted by Crippen LogP contribution is -2.60. The lowest BCUT2D eigenvalue weighted by molar-refractivity contribution is -0.301. The number of esters is 1. The number of hydrogen-bond acceptors (Lipinski definition) is 11. The number of allylic oxidation sites excluding steroid dienone is 14. The van der Waals surface area contributed by atoms with Gasteiger partial charge in [-0.25, -0.2) is 4.18 Å². The molecular weight excluding hydrogens is 837 g/mol. The first-order valence-electron chi connectivity index (χ1n) is 24.3. The molecule has 6 unspecified atom stereocenters. The molecule has 0 spiro atoms. The molecule has 368 valence electrons. The van der Waals surface area contributed by atoms with Gasteiger partial charge in [0.15, 0.2) is 6.29 Å². The van der Waals surface area contributed by atoms with Crippen LogP contribution in [0.3, 0.4) is 0 Å². The van der Waals surface area contributed by atoms with Gasteiger partial charge in [-0.15, -0.1) is 0 Å². The average molecular weight is 923 g/mol. The monoisotopic (exact) mass is 923 g/mol. The predicted octanol–water partition coefficient (Wildman–Crippen LogP) is 10.9. The number of carbonyl (C=O) groups is 1. The number of aliphatic hydroxyl groups excluding tert-OH is 3. The fourth-order valence-corrected chi connectivity index (χ4v) is 7.36. The lowest BCUT2D eigenvalue weighted by atomic mass is 9.99. The third-order valence-corrected chi connectivity index (χ3v) is 10.9. The van der Waals surface area contributed by atoms with Gasteiger partial charge in [-0.2, -0.15) is 8.42 Å². The summed E-state index contributed by atoms with van der Waals surface area (Å²) in [5.41, 5.74) is 0. The van der Waals surface area contributed by atoms with Crippen LogP contribution < -0.4 is 0 Å². The van der Waals surface area contributed by atoms with Crippen molar-refractivity contribution < 1.29 is 56.2 Å². The molecule has 1 heterocycles. The normalized spacial score (nSPS) is 20.5. The highest BCUT2D eigenvalue weighted by Gasteiger charge is 2.48. The van der Waals surface area contributed by atoms with Crippen LogP contribution in [0.15, 0.2) is 85.1 Å². The average Bonchev–Trinajstić information content (AvgIpc) is 3.27. The predicted molar refractivity (Wildman–Crippen MR) is 257 cm³/mol. The van der Waals surface area contributed by atoms with Crippen LogP contribution in [0.2, 0.25) is 0 Å². The van der Waals surface area contributed by atoms with Gasteiger partial charge >= 0.3 is 16.4 Å². The van der Waals surface area contributed by atoms with Crippen LogP contribution in [0.1, 0.15) is 168 Å². The third kappa shape index (κ3) is 34.6. The van der Waals surface area contributed by atoms with Crippen LogP contribution in [0.25, 0.3) is 0 Å². The van der Waals surface area contributed by atoms with Crippen molar-refractivity contribution in [1.29, 1.82) is 0 Å². The highest BCUT2D eigenvalue weighted by molar-refractivity contribution is 7.80. The van der Waals surface area contributed by atoms with E-state index in [-0.39, 0.29) is 19.6 Å². The minimum absolute atomic E-state index is 0.0190. The Labute approximate surface area is 387 Å². The molecular formula is C51H86O12S. The minimum Gasteiger partial charge on any atom is -0.457 e. The molecule has 1 rings (SSSR count). The Kier molecular flexibility index (Phi) is 38.6. The standard InChI is InChI=1S/C51H86O12S/c1-3-5-7-9-11-13-15-17-19-20-21-22-23-24-25-26-27-28-30-32-34-36-38-40-47(53)61-45(43-59-41-39-37-35-33-31-29-18-16-14-12-10-8-6-4-2)44-60-51-49(55)50(63-64(56,57)58)48(54)46(42-52)62-51/h5,7-8,10-11,13-14,16-17,19,21-22,24-25,45-46,48-52,54-55H,3-4,6,9,12,15,18,20,23,26-44H2,1-2H3,(H,56,57,58)/b7-5-,10-8-,13-11-,16-14-,19-17-,22-21-,25-24-. The quantitative estimate of drug-likeness (QED) is 0.0198. The zero-order chi connectivity index (χ0) is 46.8. The largest absolute Gasteiger partial charge is 0.457 e. The molecule has 0 aromatic heterocycles. The number of ether oxygens (including phenoxy) is 4. The van der Waals surface area contributed by atoms with E-state index in [4.69, 9.17) is 18.9 Å². The van der Waals surface area contributed by atoms with E-state index in [1.54, 1.807) is 0 Å². The van der Waals surface area contributed by atoms with Crippen LogP contribution in [-0.4, -0.2) is 97.5 Å². The molecule has 64 heavy (non-hydrogen) atoms. The summed E-state index contributed by atoms with van der Waals surface area (Å²) in [5.74, 6) is -0.418. The van der Waals surface area contributed by atoms with Gasteiger partial charge in [0, 0.05) is 13.0 Å². The summed E-state index contributed by atoms with van der Waals surface area (Å²) in [6.07, 6.45) is 46.1. The SMILES string of the molecule is CC/C=C\C/C=C\C/C=C\C/C=C\C/C=C\CCCCCCCCCC(=O)OC(COCCCCCCCC/C=C\C/C=C\CCC)COC1OC(CO)C(O)C(OS(=O)(=O)O)C1O. The van der Waals surface area contributed by atoms with Crippen LogP contribution in [0.5, 0.6) is 0 Å². The van der Waals surface area contributed by atoms with E-state index < -0.39 is 59.8 Å². The molecule has 0 bridgehead atoms. The number of carbonyl (C=O) groups excluding carboxylic acids is 1. The van der Waals surface area contributed by atoms with E-state index in [1.165, 1.54) is 25.7 Å². The minimum atomic E-state index is -5.07. The maximum Gasteiger partial charge on any atom is 0.397 e. The van der Waals surface area contributed by atoms with E-state index in [2.05, 4.69) is 103 Å². The summed E-state index contributed by atoms with van der Waals surface area (Å²) in [6.45, 7) is 3.76. The Hall–Kier alpha value is -2.72. The number of aliphatic hydroxyl groups is 3. The lowest BCUT2D eigenvalue weighted by Gasteiger charge is -2.41. The molecule has 0 amide bonds. The van der Waals surface area contributed by atoms with Crippen LogP contribution in [0.4, 0.5) is 0 Å². The number of rotatable bonds is 41. The second-order valence-electron chi connectivity index (χ2n) is 16.3. The summed E-state index contributed by atoms with van der Waals surface area (Å²) in [6, 6.07) is 0. The van der Waals surface area contributed by atoms with Crippen molar-refractivity contribution in [1.82, 2.24) is 0 Å². The highest BCUT2D eigenvalue weighted by Crippen LogP contribution is 2.26. The Bertz CT molecular complexity index is 1440. The molecule has 6 atom stereocenters. The van der Waals surface area contributed by atoms with Gasteiger partial charge in [-0.05, 0) is 83.5 Å². The first-order valence-corrected chi connectivity index (χ1v) is 25.7. The summed E-state index contributed by atoms with van der Waals surface area (Å²) >= 11 is 0. The summed E-state index contributed by atoms with van der Waals surface area (Å²) in [7, 11) is -5.07. The molecule has 12 nitrogen and oxygen atoms in total. The maximum atomic E-state index is 12.9. The van der Waals surface area contributed by atoms with Crippen molar-refractivity contribution in [2.24, 2.45) is 0 Å². The molecule has 0 aromatic carbocycles. The van der Waals surface area contributed by atoms with Gasteiger partial charge in [0.1, 0.15) is 30.5 Å². The first kappa shape index (κ1) is 59.3. The van der Waals surface area contributed by atoms with E-state index in [1.807, 2.05) is 0 Å². The van der Waals surface area contributed by atoms with Crippen molar-refractivity contribution in [3.63, 3.8) is 0 Å². The van der Waals surface area contributed by atoms with E-state index >= 15 is 0 Å². The zero-order valence-electron chi connectivity index (χ0n) is 39.3. The van der Waals surface area contributed by atoms with Crippen molar-refractivity contribution in [2.45, 2.75) is 205 Å². The van der Waals surface area contributed by atoms with Gasteiger partial charge in [0.2, 0.25) is 0 Å². The van der Waals surface area contributed by atoms with Gasteiger partial charge < -0.3 is 34.3 Å². The summed E-state index contributed by atoms with van der Waals surface area (Å²) < 4.78 is 59.1. The molecule has 0 radical (unpaired) electrons. The maximum absolute atomic E-state index is 12.9. The van der Waals surface area contributed by atoms with Crippen molar-refractivity contribution in [3.05, 3.63) is 85.1 Å². The Morgan fingerprint density at radius 1 is 0.609 bits per heavy atom. The second-order valence-corrected chi connectivity index (χ2v) is 17.4. The smallest absolute Gasteiger partial charge is 0.397 e. The fourth-order valence-electron chi connectivity index (χ4n) is 6.85. The number of hydrogen-bond donors (Lipinski definition) is 4. The summed E-state index contributed by atoms with van der Waals surface area (Å²) in [4.78, 5) is 12.9. The van der Waals surface area contributed by atoms with E-state index in [0.717, 1.165) is 116 Å². The Morgan fingerprint density at radius 2 is 1.08 bits per heavy atom. The molecule has 1 fully saturated rings. The van der Waals surface area contributed by atoms with Crippen molar-refractivity contribution >= 4 is 16.4 Å². The van der Waals surface area contributed by atoms with E-state index in [9.17, 15) is 33.1 Å². The zero-order valence-corrected chi connectivity index (χ0v) is 40.1. The Balaban J connectivity index is 2.39. The molecule has 13 heteroatoms. The molecule has 4 N–H and O–H groups in total. The molecule has 1 saturated heterocycles. The molecule has 0 aromatic rings. The van der Waals surface area contributed by atoms with E-state index in [0.29, 0.717) is 13.0 Å². The molecule has 1 aliphatic heterocycles. The highest BCUT2D eigenvalue weighted by atomic mass is 32.3. The Morgan fingerprint density at radius 3 is 1.58 bits per heavy atom. The first-order chi connectivity index (χ1) is 31.1. The van der Waals surface area contributed by atoms with Gasteiger partial charge in [0.25, 0.3) is 0 Å². The molecule has 1 aliphatic rings. The van der Waals surface area contributed by atoms with Crippen molar-refractivity contribution in [3.8, 4) is 0 Å². The van der Waals surface area contributed by atoms with Gasteiger partial charge in [-0.3, -0.25) is 9.35 Å². The van der Waals surface area contributed by atoms with Crippen LogP contribution in [-0.2, 0) is 38.3 Å². The van der Waals surface area contributed by atoms with Gasteiger partial charge in [-0.1, -0.05) is 163 Å². The van der Waals surface area contributed by atoms with Gasteiger partial charge in [0.05, 0.1) is 19.8 Å². The van der Waals surface area contributed by atoms with Crippen molar-refractivity contribution in [2.75, 3.05) is 26.4 Å². The fraction of sp³-hybridized carbons (Fsp3) is 0.706. The topological polar surface area (TPSA) is 178 Å². The summed E-state index contributed by atoms with van der Waals surface area (Å²) in [5, 5.41) is 30.7. The molecule has 0 saturated carbocycles. The van der Waals surface area contributed by atoms with Crippen LogP contribution >= 0.6 is 0 Å². The van der Waals surface area contributed by atoms with Crippen LogP contribution in [0, 0.1) is 0 Å².